The Hall–Kier alpha value is -1.23. The van der Waals surface area contributed by atoms with Gasteiger partial charge in [-0.05, 0) is 55.2 Å². The molecule has 3 aromatic rings. The summed E-state index contributed by atoms with van der Waals surface area (Å²) in [4.78, 5) is 3.91. The van der Waals surface area contributed by atoms with Crippen LogP contribution in [0.1, 0.15) is 0 Å². The number of hydrogen-bond acceptors (Lipinski definition) is 3. The van der Waals surface area contributed by atoms with E-state index in [1.54, 1.807) is 35.3 Å². The van der Waals surface area contributed by atoms with Gasteiger partial charge in [0.25, 0.3) is 0 Å². The van der Waals surface area contributed by atoms with Gasteiger partial charge in [0.2, 0.25) is 6.71 Å². The fourth-order valence-electron chi connectivity index (χ4n) is 2.97. The maximum atomic E-state index is 2.27. The van der Waals surface area contributed by atoms with Crippen molar-refractivity contribution in [3.63, 3.8) is 0 Å². The molecule has 0 aliphatic carbocycles. The first-order chi connectivity index (χ1) is 12.2. The molecule has 0 atom stereocenters. The first-order valence-electron chi connectivity index (χ1n) is 8.17. The number of rotatable bonds is 6. The summed E-state index contributed by atoms with van der Waals surface area (Å²) in [5, 5.41) is 0. The first-order valence-corrected chi connectivity index (χ1v) is 11.8. The van der Waals surface area contributed by atoms with Crippen molar-refractivity contribution in [2.24, 2.45) is 0 Å². The van der Waals surface area contributed by atoms with Gasteiger partial charge in [-0.3, -0.25) is 0 Å². The van der Waals surface area contributed by atoms with Crippen molar-refractivity contribution >= 4 is 58.4 Å². The van der Waals surface area contributed by atoms with Crippen LogP contribution in [0.5, 0.6) is 0 Å². The van der Waals surface area contributed by atoms with Crippen LogP contribution in [0, 0.1) is 0 Å². The molecule has 0 saturated heterocycles. The zero-order valence-electron chi connectivity index (χ0n) is 14.7. The second-order valence-corrected chi connectivity index (χ2v) is 8.39. The van der Waals surface area contributed by atoms with Gasteiger partial charge >= 0.3 is 0 Å². The predicted molar refractivity (Wildman–Crippen MR) is 119 cm³/mol. The second-order valence-electron chi connectivity index (χ2n) is 5.75. The lowest BCUT2D eigenvalue weighted by Gasteiger charge is -2.16. The van der Waals surface area contributed by atoms with Crippen LogP contribution in [0.4, 0.5) is 0 Å². The molecular formula is C21H21BS3. The molecule has 0 bridgehead atoms. The highest BCUT2D eigenvalue weighted by Gasteiger charge is 2.21. The quantitative estimate of drug-likeness (QED) is 0.461. The van der Waals surface area contributed by atoms with Gasteiger partial charge in [-0.25, -0.2) is 0 Å². The van der Waals surface area contributed by atoms with E-state index < -0.39 is 0 Å². The monoisotopic (exact) mass is 380 g/mol. The lowest BCUT2D eigenvalue weighted by molar-refractivity contribution is 1.47. The average molecular weight is 380 g/mol. The van der Waals surface area contributed by atoms with Crippen LogP contribution in [0.2, 0.25) is 0 Å². The summed E-state index contributed by atoms with van der Waals surface area (Å²) in [6.07, 6.45) is 6.36. The third-order valence-electron chi connectivity index (χ3n) is 4.35. The Bertz CT molecular complexity index is 683. The molecule has 0 N–H and O–H groups in total. The van der Waals surface area contributed by atoms with E-state index in [-0.39, 0.29) is 6.71 Å². The van der Waals surface area contributed by atoms with Crippen molar-refractivity contribution in [2.45, 2.75) is 14.7 Å². The third kappa shape index (κ3) is 4.49. The fourth-order valence-corrected chi connectivity index (χ4v) is 4.19. The van der Waals surface area contributed by atoms with E-state index in [1.807, 2.05) is 0 Å². The summed E-state index contributed by atoms with van der Waals surface area (Å²) < 4.78 is 0. The van der Waals surface area contributed by atoms with Crippen LogP contribution in [0.3, 0.4) is 0 Å². The van der Waals surface area contributed by atoms with Gasteiger partial charge in [-0.2, -0.15) is 0 Å². The summed E-state index contributed by atoms with van der Waals surface area (Å²) in [5.74, 6) is 0. The van der Waals surface area contributed by atoms with Crippen molar-refractivity contribution in [3.05, 3.63) is 72.8 Å². The molecule has 0 amide bonds. The Labute approximate surface area is 164 Å². The molecule has 25 heavy (non-hydrogen) atoms. The van der Waals surface area contributed by atoms with Gasteiger partial charge in [-0.1, -0.05) is 52.8 Å². The molecule has 0 saturated carbocycles. The van der Waals surface area contributed by atoms with Crippen molar-refractivity contribution in [1.29, 1.82) is 0 Å². The zero-order valence-corrected chi connectivity index (χ0v) is 17.2. The molecule has 0 fully saturated rings. The van der Waals surface area contributed by atoms with Crippen molar-refractivity contribution in [1.82, 2.24) is 0 Å². The van der Waals surface area contributed by atoms with E-state index in [2.05, 4.69) is 91.6 Å². The second kappa shape index (κ2) is 8.93. The van der Waals surface area contributed by atoms with Crippen molar-refractivity contribution in [2.75, 3.05) is 18.8 Å². The molecule has 0 aromatic heterocycles. The van der Waals surface area contributed by atoms with Gasteiger partial charge in [0.05, 0.1) is 0 Å². The zero-order chi connectivity index (χ0) is 17.6. The summed E-state index contributed by atoms with van der Waals surface area (Å²) in [6, 6.07) is 26.9. The minimum atomic E-state index is 0.266. The standard InChI is InChI=1S/C21H21BS3/c1-23-19-10-4-16(5-11-19)22(17-6-12-20(24-2)13-7-17)18-8-14-21(25-3)15-9-18/h4-15H,1-3H3. The molecule has 3 rings (SSSR count). The van der Waals surface area contributed by atoms with Crippen molar-refractivity contribution < 1.29 is 0 Å². The van der Waals surface area contributed by atoms with Crippen molar-refractivity contribution in [3.8, 4) is 0 Å². The highest BCUT2D eigenvalue weighted by molar-refractivity contribution is 7.99. The normalized spacial score (nSPS) is 10.7. The number of benzene rings is 3. The van der Waals surface area contributed by atoms with E-state index >= 15 is 0 Å². The van der Waals surface area contributed by atoms with Crippen LogP contribution in [-0.4, -0.2) is 25.5 Å². The van der Waals surface area contributed by atoms with Crippen LogP contribution >= 0.6 is 35.3 Å². The van der Waals surface area contributed by atoms with Gasteiger partial charge in [0.15, 0.2) is 0 Å². The minimum Gasteiger partial charge on any atom is -0.130 e. The molecule has 0 aliphatic rings. The Morgan fingerprint density at radius 3 is 0.880 bits per heavy atom. The summed E-state index contributed by atoms with van der Waals surface area (Å²) in [6.45, 7) is 0.266. The topological polar surface area (TPSA) is 0 Å². The molecule has 0 radical (unpaired) electrons. The van der Waals surface area contributed by atoms with E-state index in [4.69, 9.17) is 0 Å². The van der Waals surface area contributed by atoms with E-state index in [0.29, 0.717) is 0 Å². The summed E-state index contributed by atoms with van der Waals surface area (Å²) in [5.41, 5.74) is 4.02. The molecule has 0 nitrogen and oxygen atoms in total. The predicted octanol–water partition coefficient (Wildman–Crippen LogP) is 4.37. The van der Waals surface area contributed by atoms with Gasteiger partial charge < -0.3 is 0 Å². The lowest BCUT2D eigenvalue weighted by Crippen LogP contribution is -2.51. The Morgan fingerprint density at radius 2 is 0.680 bits per heavy atom. The van der Waals surface area contributed by atoms with Crippen LogP contribution in [0.15, 0.2) is 87.5 Å². The summed E-state index contributed by atoms with van der Waals surface area (Å²) in [7, 11) is 0. The first kappa shape index (κ1) is 18.6. The van der Waals surface area contributed by atoms with Gasteiger partial charge in [0, 0.05) is 14.7 Å². The van der Waals surface area contributed by atoms with Crippen LogP contribution in [-0.2, 0) is 0 Å². The van der Waals surface area contributed by atoms with Crippen LogP contribution in [0.25, 0.3) is 0 Å². The Kier molecular flexibility index (Phi) is 6.63. The molecule has 0 heterocycles. The lowest BCUT2D eigenvalue weighted by atomic mass is 9.37. The molecule has 126 valence electrons. The number of thioether (sulfide) groups is 3. The molecular weight excluding hydrogens is 359 g/mol. The van der Waals surface area contributed by atoms with E-state index in [0.717, 1.165) is 0 Å². The van der Waals surface area contributed by atoms with Gasteiger partial charge in [0.1, 0.15) is 0 Å². The molecule has 0 aliphatic heterocycles. The third-order valence-corrected chi connectivity index (χ3v) is 6.58. The summed E-state index contributed by atoms with van der Waals surface area (Å²) >= 11 is 5.36. The highest BCUT2D eigenvalue weighted by atomic mass is 32.2. The molecule has 0 spiro atoms. The maximum Gasteiger partial charge on any atom is 0.241 e. The van der Waals surface area contributed by atoms with Gasteiger partial charge in [-0.15, -0.1) is 35.3 Å². The molecule has 4 heteroatoms. The number of hydrogen-bond donors (Lipinski definition) is 0. The largest absolute Gasteiger partial charge is 0.241 e. The SMILES string of the molecule is CSc1ccc(B(c2ccc(SC)cc2)c2ccc(SC)cc2)cc1. The molecule has 3 aromatic carbocycles. The molecule has 0 unspecified atom stereocenters. The average Bonchev–Trinajstić information content (AvgIpc) is 2.70. The van der Waals surface area contributed by atoms with E-state index in [9.17, 15) is 0 Å². The van der Waals surface area contributed by atoms with Crippen LogP contribution < -0.4 is 16.4 Å². The minimum absolute atomic E-state index is 0.266. The fraction of sp³-hybridized carbons (Fsp3) is 0.143. The maximum absolute atomic E-state index is 2.27. The highest BCUT2D eigenvalue weighted by Crippen LogP contribution is 2.15. The smallest absolute Gasteiger partial charge is 0.130 e. The Balaban J connectivity index is 2.04. The van der Waals surface area contributed by atoms with E-state index in [1.165, 1.54) is 31.1 Å². The Morgan fingerprint density at radius 1 is 0.440 bits per heavy atom.